The van der Waals surface area contributed by atoms with Crippen molar-refractivity contribution in [3.8, 4) is 0 Å². The van der Waals surface area contributed by atoms with Crippen LogP contribution in [0.15, 0.2) is 53.0 Å². The highest BCUT2D eigenvalue weighted by atomic mass is 19.4. The summed E-state index contributed by atoms with van der Waals surface area (Å²) in [7, 11) is 1.27. The molecule has 2 N–H and O–H groups in total. The van der Waals surface area contributed by atoms with Gasteiger partial charge < -0.3 is 15.1 Å². The minimum atomic E-state index is -4.75. The Labute approximate surface area is 220 Å². The fraction of sp³-hybridized carbons (Fsp3) is 0.320. The van der Waals surface area contributed by atoms with Crippen LogP contribution in [-0.2, 0) is 35.8 Å². The molecule has 1 aliphatic carbocycles. The number of rotatable bonds is 4. The van der Waals surface area contributed by atoms with Crippen molar-refractivity contribution in [1.29, 1.82) is 0 Å². The largest absolute Gasteiger partial charge is 0.477 e. The van der Waals surface area contributed by atoms with E-state index in [2.05, 4.69) is 0 Å². The summed E-state index contributed by atoms with van der Waals surface area (Å²) in [6, 6.07) is 5.99. The van der Waals surface area contributed by atoms with Gasteiger partial charge in [-0.2, -0.15) is 26.3 Å². The highest BCUT2D eigenvalue weighted by Gasteiger charge is 2.45. The number of halogens is 6. The fourth-order valence-electron chi connectivity index (χ4n) is 5.37. The molecule has 1 aliphatic heterocycles. The maximum atomic E-state index is 13.6. The van der Waals surface area contributed by atoms with Gasteiger partial charge in [0.15, 0.2) is 0 Å². The molecule has 2 heterocycles. The van der Waals surface area contributed by atoms with Crippen LogP contribution in [0.25, 0.3) is 11.0 Å². The Kier molecular flexibility index (Phi) is 6.24. The van der Waals surface area contributed by atoms with Crippen LogP contribution in [0.3, 0.4) is 0 Å². The minimum Gasteiger partial charge on any atom is -0.477 e. The molecule has 40 heavy (non-hydrogen) atoms. The van der Waals surface area contributed by atoms with Crippen LogP contribution in [0.4, 0.5) is 32.0 Å². The zero-order chi connectivity index (χ0) is 29.3. The van der Waals surface area contributed by atoms with Gasteiger partial charge in [0.05, 0.1) is 22.6 Å². The third-order valence-electron chi connectivity index (χ3n) is 7.11. The molecule has 0 radical (unpaired) electrons. The molecule has 9 nitrogen and oxygen atoms in total. The lowest BCUT2D eigenvalue weighted by molar-refractivity contribution is -0.147. The summed E-state index contributed by atoms with van der Waals surface area (Å²) >= 11 is 0. The molecule has 0 spiro atoms. The predicted octanol–water partition coefficient (Wildman–Crippen LogP) is 3.50. The van der Waals surface area contributed by atoms with Crippen LogP contribution in [-0.4, -0.2) is 48.7 Å². The van der Waals surface area contributed by atoms with Crippen molar-refractivity contribution in [3.05, 3.63) is 75.3 Å². The van der Waals surface area contributed by atoms with Crippen LogP contribution in [0.1, 0.15) is 29.2 Å². The normalized spacial score (nSPS) is 19.8. The summed E-state index contributed by atoms with van der Waals surface area (Å²) in [4.78, 5) is 39.3. The second-order valence-electron chi connectivity index (χ2n) is 9.46. The van der Waals surface area contributed by atoms with Gasteiger partial charge in [-0.1, -0.05) is 12.1 Å². The van der Waals surface area contributed by atoms with Gasteiger partial charge in [0.25, 0.3) is 5.91 Å². The van der Waals surface area contributed by atoms with Gasteiger partial charge in [0.1, 0.15) is 12.1 Å². The van der Waals surface area contributed by atoms with Gasteiger partial charge in [-0.15, -0.1) is 0 Å². The number of fused-ring (bicyclic) bond motifs is 2. The molecule has 1 amide bonds. The van der Waals surface area contributed by atoms with E-state index in [4.69, 9.17) is 0 Å². The number of amides is 1. The van der Waals surface area contributed by atoms with E-state index in [1.54, 1.807) is 0 Å². The van der Waals surface area contributed by atoms with E-state index in [1.807, 2.05) is 0 Å². The number of carbonyl (C=O) groups is 2. The summed E-state index contributed by atoms with van der Waals surface area (Å²) in [5, 5.41) is 21.0. The summed E-state index contributed by atoms with van der Waals surface area (Å²) in [5.74, 6) is -2.84. The SMILES string of the molecule is Cn1c(=O)n(CC(F)(F)F)c2cc(N3C=C(C(=O)O)C(=O)N([C@@H]4CCc5c4cccc5C(F)(F)F)C3O)ccc21. The van der Waals surface area contributed by atoms with E-state index in [-0.39, 0.29) is 40.7 Å². The highest BCUT2D eigenvalue weighted by molar-refractivity contribution is 6.16. The lowest BCUT2D eigenvalue weighted by atomic mass is 10.0. The van der Waals surface area contributed by atoms with Gasteiger partial charge >= 0.3 is 24.0 Å². The molecule has 212 valence electrons. The number of nitrogens with zero attached hydrogens (tertiary/aromatic N) is 4. The second-order valence-corrected chi connectivity index (χ2v) is 9.46. The lowest BCUT2D eigenvalue weighted by Crippen LogP contribution is -2.55. The first-order chi connectivity index (χ1) is 18.6. The van der Waals surface area contributed by atoms with Crippen molar-refractivity contribution in [2.24, 2.45) is 7.05 Å². The Morgan fingerprint density at radius 2 is 1.75 bits per heavy atom. The lowest BCUT2D eigenvalue weighted by Gasteiger charge is -2.42. The molecule has 0 saturated carbocycles. The molecule has 0 bridgehead atoms. The maximum Gasteiger partial charge on any atom is 0.416 e. The van der Waals surface area contributed by atoms with E-state index < -0.39 is 60.0 Å². The molecule has 1 unspecified atom stereocenters. The number of anilines is 1. The standard InChI is InChI=1S/C25H20F6N4O5/c1-32-18-7-5-12(9-19(18)34(22(32)39)11-24(26,27)28)33-10-15(21(37)38)20(36)35(23(33)40)17-8-6-13-14(17)3-2-4-16(13)25(29,30)31/h2-5,7,9-10,17,23,40H,6,8,11H2,1H3,(H,37,38)/t17-,23?/m1/s1. The van der Waals surface area contributed by atoms with Crippen LogP contribution in [0.5, 0.6) is 0 Å². The molecule has 0 fully saturated rings. The minimum absolute atomic E-state index is 0.0468. The number of aromatic nitrogens is 2. The summed E-state index contributed by atoms with van der Waals surface area (Å²) in [6.45, 7) is -1.61. The number of aliphatic carboxylic acids is 1. The first kappa shape index (κ1) is 27.3. The van der Waals surface area contributed by atoms with Gasteiger partial charge in [-0.3, -0.25) is 18.8 Å². The Bertz CT molecular complexity index is 1640. The van der Waals surface area contributed by atoms with Crippen molar-refractivity contribution in [2.45, 2.75) is 44.1 Å². The average Bonchev–Trinajstić information content (AvgIpc) is 3.37. The van der Waals surface area contributed by atoms with Gasteiger partial charge in [-0.25, -0.2) is 9.59 Å². The second kappa shape index (κ2) is 9.15. The van der Waals surface area contributed by atoms with E-state index in [0.29, 0.717) is 4.57 Å². The average molecular weight is 570 g/mol. The van der Waals surface area contributed by atoms with Crippen LogP contribution in [0, 0.1) is 0 Å². The number of carboxylic acids is 1. The monoisotopic (exact) mass is 570 g/mol. The predicted molar refractivity (Wildman–Crippen MR) is 127 cm³/mol. The number of hydrogen-bond donors (Lipinski definition) is 2. The Morgan fingerprint density at radius 3 is 2.38 bits per heavy atom. The number of aliphatic hydroxyl groups is 1. The molecule has 2 aromatic carbocycles. The zero-order valence-electron chi connectivity index (χ0n) is 20.5. The van der Waals surface area contributed by atoms with Crippen LogP contribution in [0.2, 0.25) is 0 Å². The summed E-state index contributed by atoms with van der Waals surface area (Å²) in [5.41, 5.74) is -2.83. The highest BCUT2D eigenvalue weighted by Crippen LogP contribution is 2.44. The molecule has 3 aromatic rings. The topological polar surface area (TPSA) is 108 Å². The quantitative estimate of drug-likeness (QED) is 0.368. The van der Waals surface area contributed by atoms with E-state index in [0.717, 1.165) is 38.8 Å². The number of carbonyl (C=O) groups excluding carboxylic acids is 1. The Hall–Kier alpha value is -4.27. The Morgan fingerprint density at radius 1 is 1.05 bits per heavy atom. The molecular weight excluding hydrogens is 550 g/mol. The molecule has 5 rings (SSSR count). The zero-order valence-corrected chi connectivity index (χ0v) is 20.5. The fourth-order valence-corrected chi connectivity index (χ4v) is 5.37. The number of aliphatic hydroxyl groups excluding tert-OH is 1. The van der Waals surface area contributed by atoms with Crippen LogP contribution < -0.4 is 10.6 Å². The third kappa shape index (κ3) is 4.39. The van der Waals surface area contributed by atoms with E-state index in [9.17, 15) is 50.9 Å². The van der Waals surface area contributed by atoms with Crippen molar-refractivity contribution in [2.75, 3.05) is 4.90 Å². The number of hydrogen-bond acceptors (Lipinski definition) is 5. The molecule has 2 aliphatic rings. The maximum absolute atomic E-state index is 13.6. The number of benzene rings is 2. The molecule has 0 saturated heterocycles. The van der Waals surface area contributed by atoms with Crippen LogP contribution >= 0.6 is 0 Å². The van der Waals surface area contributed by atoms with Gasteiger partial charge in [0, 0.05) is 18.9 Å². The van der Waals surface area contributed by atoms with Crippen molar-refractivity contribution in [1.82, 2.24) is 14.0 Å². The number of aryl methyl sites for hydroxylation is 1. The van der Waals surface area contributed by atoms with E-state index >= 15 is 0 Å². The molecule has 1 aromatic heterocycles. The van der Waals surface area contributed by atoms with Crippen molar-refractivity contribution >= 4 is 28.6 Å². The number of alkyl halides is 6. The Balaban J connectivity index is 1.62. The first-order valence-corrected chi connectivity index (χ1v) is 11.8. The summed E-state index contributed by atoms with van der Waals surface area (Å²) < 4.78 is 81.8. The molecule has 2 atom stereocenters. The van der Waals surface area contributed by atoms with Gasteiger partial charge in [-0.05, 0) is 48.2 Å². The third-order valence-corrected chi connectivity index (χ3v) is 7.11. The molecule has 15 heteroatoms. The first-order valence-electron chi connectivity index (χ1n) is 11.8. The van der Waals surface area contributed by atoms with Gasteiger partial charge in [0.2, 0.25) is 6.35 Å². The van der Waals surface area contributed by atoms with Crippen molar-refractivity contribution < 1.29 is 46.1 Å². The van der Waals surface area contributed by atoms with Crippen molar-refractivity contribution in [3.63, 3.8) is 0 Å². The smallest absolute Gasteiger partial charge is 0.416 e. The molecular formula is C25H20F6N4O5. The summed E-state index contributed by atoms with van der Waals surface area (Å²) in [6.07, 6.45) is -10.7. The number of carboxylic acid groups (broad SMARTS) is 1. The number of imidazole rings is 1. The van der Waals surface area contributed by atoms with E-state index in [1.165, 1.54) is 25.2 Å².